The molecule has 0 radical (unpaired) electrons. The summed E-state index contributed by atoms with van der Waals surface area (Å²) >= 11 is 1.03. The minimum absolute atomic E-state index is 0.233. The maximum atomic E-state index is 12.6. The Bertz CT molecular complexity index is 768. The van der Waals surface area contributed by atoms with Gasteiger partial charge in [-0.05, 0) is 31.5 Å². The highest BCUT2D eigenvalue weighted by Gasteiger charge is 2.26. The molecule has 24 heavy (non-hydrogen) atoms. The highest BCUT2D eigenvalue weighted by atomic mass is 32.1. The first kappa shape index (κ1) is 17.7. The predicted octanol–water partition coefficient (Wildman–Crippen LogP) is 3.44. The predicted molar refractivity (Wildman–Crippen MR) is 93.7 cm³/mol. The van der Waals surface area contributed by atoms with Gasteiger partial charge in [0.25, 0.3) is 5.91 Å². The molecule has 0 atom stereocenters. The van der Waals surface area contributed by atoms with Crippen molar-refractivity contribution in [1.29, 1.82) is 0 Å². The second-order valence-electron chi connectivity index (χ2n) is 4.98. The van der Waals surface area contributed by atoms with Gasteiger partial charge < -0.3 is 15.4 Å². The Labute approximate surface area is 143 Å². The van der Waals surface area contributed by atoms with Gasteiger partial charge in [0.1, 0.15) is 9.88 Å². The highest BCUT2D eigenvalue weighted by molar-refractivity contribution is 7.18. The SMILES string of the molecule is CCOC(=O)c1sc(NC(C)=O)c(C(=O)Nc2ccccc2)c1C. The van der Waals surface area contributed by atoms with E-state index in [-0.39, 0.29) is 18.1 Å². The average molecular weight is 346 g/mol. The number of nitrogens with one attached hydrogen (secondary N) is 2. The van der Waals surface area contributed by atoms with Crippen molar-refractivity contribution in [2.24, 2.45) is 0 Å². The molecule has 0 saturated heterocycles. The van der Waals surface area contributed by atoms with Gasteiger partial charge in [-0.25, -0.2) is 4.79 Å². The summed E-state index contributed by atoms with van der Waals surface area (Å²) in [5.74, 6) is -1.22. The number of benzene rings is 1. The minimum atomic E-state index is -0.509. The molecule has 0 unspecified atom stereocenters. The lowest BCUT2D eigenvalue weighted by atomic mass is 10.1. The van der Waals surface area contributed by atoms with E-state index in [9.17, 15) is 14.4 Å². The maximum absolute atomic E-state index is 12.6. The number of carbonyl (C=O) groups excluding carboxylic acids is 3. The molecule has 0 aliphatic rings. The van der Waals surface area contributed by atoms with Crippen molar-refractivity contribution in [2.45, 2.75) is 20.8 Å². The lowest BCUT2D eigenvalue weighted by molar-refractivity contribution is -0.114. The number of esters is 1. The third kappa shape index (κ3) is 3.99. The Morgan fingerprint density at radius 2 is 1.79 bits per heavy atom. The second-order valence-corrected chi connectivity index (χ2v) is 6.00. The number of amides is 2. The fourth-order valence-electron chi connectivity index (χ4n) is 2.14. The molecule has 2 rings (SSSR count). The summed E-state index contributed by atoms with van der Waals surface area (Å²) in [6, 6.07) is 8.95. The van der Waals surface area contributed by atoms with Crippen LogP contribution in [0.3, 0.4) is 0 Å². The molecule has 6 nitrogen and oxygen atoms in total. The van der Waals surface area contributed by atoms with Crippen molar-refractivity contribution in [1.82, 2.24) is 0 Å². The normalized spacial score (nSPS) is 10.1. The maximum Gasteiger partial charge on any atom is 0.348 e. The smallest absolute Gasteiger partial charge is 0.348 e. The van der Waals surface area contributed by atoms with E-state index in [2.05, 4.69) is 10.6 Å². The van der Waals surface area contributed by atoms with E-state index >= 15 is 0 Å². The number of thiophene rings is 1. The minimum Gasteiger partial charge on any atom is -0.462 e. The van der Waals surface area contributed by atoms with Gasteiger partial charge in [0.05, 0.1) is 12.2 Å². The van der Waals surface area contributed by atoms with Crippen LogP contribution < -0.4 is 10.6 Å². The average Bonchev–Trinajstić information content (AvgIpc) is 2.84. The summed E-state index contributed by atoms with van der Waals surface area (Å²) in [5, 5.41) is 5.70. The first-order valence-electron chi connectivity index (χ1n) is 7.38. The molecule has 7 heteroatoms. The molecule has 1 aromatic heterocycles. The largest absolute Gasteiger partial charge is 0.462 e. The molecule has 2 amide bonds. The molecule has 0 spiro atoms. The van der Waals surface area contributed by atoms with Crippen molar-refractivity contribution in [2.75, 3.05) is 17.2 Å². The molecule has 1 aromatic carbocycles. The van der Waals surface area contributed by atoms with Crippen LogP contribution in [0.2, 0.25) is 0 Å². The molecule has 0 fully saturated rings. The quantitative estimate of drug-likeness (QED) is 0.812. The van der Waals surface area contributed by atoms with Crippen LogP contribution in [0.4, 0.5) is 10.7 Å². The summed E-state index contributed by atoms with van der Waals surface area (Å²) in [4.78, 5) is 36.4. The van der Waals surface area contributed by atoms with E-state index in [4.69, 9.17) is 4.74 Å². The van der Waals surface area contributed by atoms with Crippen molar-refractivity contribution in [3.63, 3.8) is 0 Å². The van der Waals surface area contributed by atoms with Gasteiger partial charge in [0, 0.05) is 12.6 Å². The van der Waals surface area contributed by atoms with Gasteiger partial charge in [0.2, 0.25) is 5.91 Å². The Morgan fingerprint density at radius 1 is 1.12 bits per heavy atom. The molecule has 1 heterocycles. The number of carbonyl (C=O) groups is 3. The molecule has 0 bridgehead atoms. The van der Waals surface area contributed by atoms with Crippen LogP contribution in [0.15, 0.2) is 30.3 Å². The summed E-state index contributed by atoms with van der Waals surface area (Å²) in [6.07, 6.45) is 0. The second kappa shape index (κ2) is 7.74. The number of rotatable bonds is 5. The number of ether oxygens (including phenoxy) is 1. The lowest BCUT2D eigenvalue weighted by Gasteiger charge is -2.07. The number of para-hydroxylation sites is 1. The van der Waals surface area contributed by atoms with Crippen molar-refractivity contribution in [3.05, 3.63) is 46.3 Å². The van der Waals surface area contributed by atoms with Crippen LogP contribution in [0.1, 0.15) is 39.4 Å². The fourth-order valence-corrected chi connectivity index (χ4v) is 3.29. The Balaban J connectivity index is 2.40. The van der Waals surface area contributed by atoms with Gasteiger partial charge in [-0.15, -0.1) is 11.3 Å². The highest BCUT2D eigenvalue weighted by Crippen LogP contribution is 2.34. The van der Waals surface area contributed by atoms with Gasteiger partial charge in [-0.3, -0.25) is 9.59 Å². The Morgan fingerprint density at radius 3 is 2.38 bits per heavy atom. The van der Waals surface area contributed by atoms with Crippen molar-refractivity contribution in [3.8, 4) is 0 Å². The Kier molecular flexibility index (Phi) is 5.70. The summed E-state index contributed by atoms with van der Waals surface area (Å²) in [6.45, 7) is 4.95. The number of hydrogen-bond donors (Lipinski definition) is 2. The molecule has 126 valence electrons. The summed E-state index contributed by atoms with van der Waals surface area (Å²) < 4.78 is 5.01. The third-order valence-corrected chi connectivity index (χ3v) is 4.34. The zero-order chi connectivity index (χ0) is 17.7. The molecule has 2 aromatic rings. The van der Waals surface area contributed by atoms with Gasteiger partial charge in [0.15, 0.2) is 0 Å². The van der Waals surface area contributed by atoms with Gasteiger partial charge in [-0.2, -0.15) is 0 Å². The van der Waals surface area contributed by atoms with E-state index in [1.807, 2.05) is 6.07 Å². The molecule has 0 aliphatic carbocycles. The first-order chi connectivity index (χ1) is 11.4. The summed E-state index contributed by atoms with van der Waals surface area (Å²) in [7, 11) is 0. The lowest BCUT2D eigenvalue weighted by Crippen LogP contribution is -2.16. The van der Waals surface area contributed by atoms with Crippen molar-refractivity contribution < 1.29 is 19.1 Å². The van der Waals surface area contributed by atoms with E-state index < -0.39 is 11.9 Å². The molecular weight excluding hydrogens is 328 g/mol. The van der Waals surface area contributed by atoms with E-state index in [0.717, 1.165) is 11.3 Å². The molecule has 0 saturated carbocycles. The van der Waals surface area contributed by atoms with Gasteiger partial charge >= 0.3 is 5.97 Å². The van der Waals surface area contributed by atoms with E-state index in [1.165, 1.54) is 6.92 Å². The van der Waals surface area contributed by atoms with E-state index in [1.54, 1.807) is 38.1 Å². The molecule has 2 N–H and O–H groups in total. The zero-order valence-electron chi connectivity index (χ0n) is 13.6. The van der Waals surface area contributed by atoms with Crippen LogP contribution >= 0.6 is 11.3 Å². The monoisotopic (exact) mass is 346 g/mol. The van der Waals surface area contributed by atoms with Gasteiger partial charge in [-0.1, -0.05) is 18.2 Å². The first-order valence-corrected chi connectivity index (χ1v) is 8.20. The topological polar surface area (TPSA) is 84.5 Å². The van der Waals surface area contributed by atoms with Crippen LogP contribution in [-0.4, -0.2) is 24.4 Å². The third-order valence-electron chi connectivity index (χ3n) is 3.16. The van der Waals surface area contributed by atoms with Crippen molar-refractivity contribution >= 4 is 39.8 Å². The van der Waals surface area contributed by atoms with E-state index in [0.29, 0.717) is 21.1 Å². The fraction of sp³-hybridized carbons (Fsp3) is 0.235. The number of anilines is 2. The number of hydrogen-bond acceptors (Lipinski definition) is 5. The molecular formula is C17H18N2O4S. The van der Waals surface area contributed by atoms with Crippen LogP contribution in [0.25, 0.3) is 0 Å². The van der Waals surface area contributed by atoms with Crippen LogP contribution in [0.5, 0.6) is 0 Å². The summed E-state index contributed by atoms with van der Waals surface area (Å²) in [5.41, 5.74) is 1.37. The standard InChI is InChI=1S/C17H18N2O4S/c1-4-23-17(22)14-10(2)13(16(24-14)18-11(3)20)15(21)19-12-8-6-5-7-9-12/h5-9H,4H2,1-3H3,(H,18,20)(H,19,21). The zero-order valence-corrected chi connectivity index (χ0v) is 14.5. The Hall–Kier alpha value is -2.67. The molecule has 0 aliphatic heterocycles. The van der Waals surface area contributed by atoms with Crippen LogP contribution in [0, 0.1) is 6.92 Å². The van der Waals surface area contributed by atoms with Crippen LogP contribution in [-0.2, 0) is 9.53 Å².